The van der Waals surface area contributed by atoms with Gasteiger partial charge in [-0.3, -0.25) is 18.7 Å². The Hall–Kier alpha value is -4.11. The van der Waals surface area contributed by atoms with Crippen molar-refractivity contribution in [1.82, 2.24) is 14.0 Å². The van der Waals surface area contributed by atoms with Gasteiger partial charge in [-0.2, -0.15) is 0 Å². The fourth-order valence-corrected chi connectivity index (χ4v) is 4.43. The van der Waals surface area contributed by atoms with E-state index in [2.05, 4.69) is 17.1 Å². The molecule has 4 rings (SSSR count). The maximum atomic E-state index is 13.3. The molecule has 0 bridgehead atoms. The smallest absolute Gasteiger partial charge is 0.332 e. The monoisotopic (exact) mass is 518 g/mol. The predicted octanol–water partition coefficient (Wildman–Crippen LogP) is 3.37. The van der Waals surface area contributed by atoms with Crippen molar-refractivity contribution in [3.63, 3.8) is 0 Å². The molecule has 4 aromatic rings. The number of fused-ring (bicyclic) bond motifs is 1. The molecule has 0 amide bonds. The highest BCUT2D eigenvalue weighted by Gasteiger charge is 2.16. The number of aromatic nitrogens is 2. The summed E-state index contributed by atoms with van der Waals surface area (Å²) in [4.78, 5) is 39.5. The van der Waals surface area contributed by atoms with Crippen LogP contribution in [0.5, 0.6) is 5.75 Å². The van der Waals surface area contributed by atoms with Gasteiger partial charge in [0.2, 0.25) is 0 Å². The van der Waals surface area contributed by atoms with E-state index in [-0.39, 0.29) is 16.7 Å². The van der Waals surface area contributed by atoms with E-state index in [1.54, 1.807) is 26.1 Å². The zero-order valence-corrected chi connectivity index (χ0v) is 22.3. The first kappa shape index (κ1) is 26.9. The molecule has 38 heavy (non-hydrogen) atoms. The molecule has 2 heterocycles. The Kier molecular flexibility index (Phi) is 8.48. The van der Waals surface area contributed by atoms with E-state index in [1.165, 1.54) is 17.7 Å². The molecule has 0 aliphatic rings. The third-order valence-corrected chi connectivity index (χ3v) is 6.73. The summed E-state index contributed by atoms with van der Waals surface area (Å²) in [5.74, 6) is 1.59. The van der Waals surface area contributed by atoms with Crippen LogP contribution in [0.4, 0.5) is 5.82 Å². The standard InChI is InChI=1S/C29H34N4O5/c1-5-33(17-15-30-24-19-25(34)32(4)29(36)31(24)3)16-10-18-37-22-13-9-14-23-26(22)27(35)20(2)28(38-23)21-11-7-6-8-12-21/h6-9,11-14,19,30H,5,10,15-18H2,1-4H3. The van der Waals surface area contributed by atoms with E-state index in [1.807, 2.05) is 36.4 Å². The molecule has 2 aromatic carbocycles. The molecule has 0 spiro atoms. The lowest BCUT2D eigenvalue weighted by Crippen LogP contribution is -2.38. The van der Waals surface area contributed by atoms with Gasteiger partial charge in [-0.15, -0.1) is 0 Å². The Bertz CT molecular complexity index is 1590. The Morgan fingerprint density at radius 1 is 0.974 bits per heavy atom. The molecule has 0 unspecified atom stereocenters. The number of rotatable bonds is 11. The fourth-order valence-electron chi connectivity index (χ4n) is 4.43. The minimum atomic E-state index is -0.363. The van der Waals surface area contributed by atoms with Gasteiger partial charge < -0.3 is 19.4 Å². The molecule has 0 aliphatic carbocycles. The van der Waals surface area contributed by atoms with Crippen LogP contribution < -0.4 is 26.7 Å². The summed E-state index contributed by atoms with van der Waals surface area (Å²) in [6, 6.07) is 16.5. The Labute approximate surface area is 220 Å². The molecule has 9 nitrogen and oxygen atoms in total. The number of ether oxygens (including phenoxy) is 1. The van der Waals surface area contributed by atoms with Gasteiger partial charge in [0.25, 0.3) is 5.56 Å². The van der Waals surface area contributed by atoms with E-state index in [9.17, 15) is 14.4 Å². The summed E-state index contributed by atoms with van der Waals surface area (Å²) in [5, 5.41) is 3.64. The average molecular weight is 519 g/mol. The molecular formula is C29H34N4O5. The van der Waals surface area contributed by atoms with Crippen LogP contribution in [0.3, 0.4) is 0 Å². The van der Waals surface area contributed by atoms with Crippen molar-refractivity contribution in [2.45, 2.75) is 20.3 Å². The molecule has 0 aliphatic heterocycles. The van der Waals surface area contributed by atoms with Crippen LogP contribution >= 0.6 is 0 Å². The predicted molar refractivity (Wildman–Crippen MR) is 150 cm³/mol. The lowest BCUT2D eigenvalue weighted by Gasteiger charge is -2.21. The summed E-state index contributed by atoms with van der Waals surface area (Å²) in [7, 11) is 3.10. The van der Waals surface area contributed by atoms with Crippen LogP contribution in [0.15, 0.2) is 73.4 Å². The SMILES string of the molecule is CCN(CCCOc1cccc2oc(-c3ccccc3)c(C)c(=O)c12)CCNc1cc(=O)n(C)c(=O)n1C. The Morgan fingerprint density at radius 2 is 1.74 bits per heavy atom. The van der Waals surface area contributed by atoms with Crippen LogP contribution in [0.25, 0.3) is 22.3 Å². The lowest BCUT2D eigenvalue weighted by molar-refractivity contribution is 0.248. The summed E-state index contributed by atoms with van der Waals surface area (Å²) < 4.78 is 14.7. The first-order valence-electron chi connectivity index (χ1n) is 12.8. The van der Waals surface area contributed by atoms with Gasteiger partial charge >= 0.3 is 5.69 Å². The van der Waals surface area contributed by atoms with Crippen LogP contribution in [0, 0.1) is 6.92 Å². The van der Waals surface area contributed by atoms with E-state index in [4.69, 9.17) is 9.15 Å². The largest absolute Gasteiger partial charge is 0.493 e. The molecule has 0 saturated carbocycles. The molecular weight excluding hydrogens is 484 g/mol. The number of hydrogen-bond acceptors (Lipinski definition) is 7. The summed E-state index contributed by atoms with van der Waals surface area (Å²) >= 11 is 0. The fraction of sp³-hybridized carbons (Fsp3) is 0.345. The maximum Gasteiger partial charge on any atom is 0.332 e. The number of nitrogens with zero attached hydrogens (tertiary/aromatic N) is 3. The van der Waals surface area contributed by atoms with Gasteiger partial charge in [0.1, 0.15) is 28.3 Å². The second kappa shape index (κ2) is 12.0. The van der Waals surface area contributed by atoms with Crippen LogP contribution in [0.1, 0.15) is 18.9 Å². The highest BCUT2D eigenvalue weighted by molar-refractivity contribution is 5.86. The quantitative estimate of drug-likeness (QED) is 0.304. The minimum absolute atomic E-state index is 0.0906. The highest BCUT2D eigenvalue weighted by Crippen LogP contribution is 2.29. The van der Waals surface area contributed by atoms with Crippen molar-refractivity contribution in [2.24, 2.45) is 14.1 Å². The topological polar surface area (TPSA) is 98.7 Å². The van der Waals surface area contributed by atoms with Crippen molar-refractivity contribution < 1.29 is 9.15 Å². The number of anilines is 1. The highest BCUT2D eigenvalue weighted by atomic mass is 16.5. The van der Waals surface area contributed by atoms with Gasteiger partial charge in [0.05, 0.1) is 6.61 Å². The normalized spacial score (nSPS) is 11.3. The van der Waals surface area contributed by atoms with Crippen molar-refractivity contribution in [3.8, 4) is 17.1 Å². The van der Waals surface area contributed by atoms with Crippen molar-refractivity contribution >= 4 is 16.8 Å². The van der Waals surface area contributed by atoms with Crippen LogP contribution in [-0.2, 0) is 14.1 Å². The van der Waals surface area contributed by atoms with Gasteiger partial charge in [0.15, 0.2) is 5.43 Å². The summed E-state index contributed by atoms with van der Waals surface area (Å²) in [5.41, 5.74) is 1.13. The Balaban J connectivity index is 1.36. The zero-order valence-electron chi connectivity index (χ0n) is 22.3. The molecule has 0 radical (unpaired) electrons. The van der Waals surface area contributed by atoms with Crippen molar-refractivity contribution in [2.75, 3.05) is 38.1 Å². The van der Waals surface area contributed by atoms with Crippen molar-refractivity contribution in [1.29, 1.82) is 0 Å². The van der Waals surface area contributed by atoms with Crippen LogP contribution in [-0.4, -0.2) is 46.8 Å². The average Bonchev–Trinajstić information content (AvgIpc) is 2.93. The first-order chi connectivity index (χ1) is 18.3. The van der Waals surface area contributed by atoms with Crippen molar-refractivity contribution in [3.05, 3.63) is 91.2 Å². The van der Waals surface area contributed by atoms with Crippen LogP contribution in [0.2, 0.25) is 0 Å². The molecule has 1 N–H and O–H groups in total. The minimum Gasteiger partial charge on any atom is -0.493 e. The molecule has 0 fully saturated rings. The van der Waals surface area contributed by atoms with E-state index < -0.39 is 0 Å². The number of hydrogen-bond donors (Lipinski definition) is 1. The van der Waals surface area contributed by atoms with Gasteiger partial charge in [0, 0.05) is 50.9 Å². The summed E-state index contributed by atoms with van der Waals surface area (Å²) in [6.07, 6.45) is 0.765. The zero-order chi connectivity index (χ0) is 27.2. The molecule has 9 heteroatoms. The molecule has 2 aromatic heterocycles. The molecule has 0 saturated heterocycles. The maximum absolute atomic E-state index is 13.3. The second-order valence-corrected chi connectivity index (χ2v) is 9.21. The Morgan fingerprint density at radius 3 is 2.47 bits per heavy atom. The third-order valence-electron chi connectivity index (χ3n) is 6.73. The lowest BCUT2D eigenvalue weighted by atomic mass is 10.1. The summed E-state index contributed by atoms with van der Waals surface area (Å²) in [6.45, 7) is 7.27. The van der Waals surface area contributed by atoms with Gasteiger partial charge in [-0.1, -0.05) is 43.3 Å². The number of nitrogens with one attached hydrogen (secondary N) is 1. The number of benzene rings is 2. The van der Waals surface area contributed by atoms with E-state index in [0.29, 0.717) is 47.0 Å². The van der Waals surface area contributed by atoms with E-state index in [0.717, 1.165) is 36.2 Å². The third kappa shape index (κ3) is 5.73. The first-order valence-corrected chi connectivity index (χ1v) is 12.8. The second-order valence-electron chi connectivity index (χ2n) is 9.21. The number of likely N-dealkylation sites (N-methyl/N-ethyl adjacent to an activating group) is 1. The van der Waals surface area contributed by atoms with E-state index >= 15 is 0 Å². The molecule has 200 valence electrons. The van der Waals surface area contributed by atoms with Gasteiger partial charge in [-0.25, -0.2) is 4.79 Å². The molecule has 0 atom stereocenters. The van der Waals surface area contributed by atoms with Gasteiger partial charge in [-0.05, 0) is 32.0 Å².